The molecular weight excluding hydrogens is 311 g/mol. The molecule has 1 aromatic rings. The number of halogens is 2. The number of rotatable bonds is 1. The topological polar surface area (TPSA) is 18.5 Å². The van der Waals surface area contributed by atoms with Gasteiger partial charge in [-0.05, 0) is 48.8 Å². The van der Waals surface area contributed by atoms with Crippen molar-refractivity contribution in [2.24, 2.45) is 5.41 Å². The van der Waals surface area contributed by atoms with Gasteiger partial charge in [0, 0.05) is 17.7 Å². The van der Waals surface area contributed by atoms with Crippen LogP contribution in [-0.2, 0) is 9.47 Å². The average molecular weight is 329 g/mol. The Balaban J connectivity index is 1.69. The summed E-state index contributed by atoms with van der Waals surface area (Å²) < 4.78 is 25.4. The van der Waals surface area contributed by atoms with Gasteiger partial charge in [0.25, 0.3) is 0 Å². The van der Waals surface area contributed by atoms with Crippen LogP contribution < -0.4 is 0 Å². The van der Waals surface area contributed by atoms with Gasteiger partial charge >= 0.3 is 0 Å². The molecule has 1 atom stereocenters. The molecular formula is C15H18BrFO2. The van der Waals surface area contributed by atoms with Gasteiger partial charge in [-0.1, -0.05) is 22.0 Å². The predicted molar refractivity (Wildman–Crippen MR) is 74.5 cm³/mol. The largest absolute Gasteiger partial charge is 0.381 e. The fourth-order valence-corrected chi connectivity index (χ4v) is 3.68. The first-order valence-corrected chi connectivity index (χ1v) is 7.62. The molecule has 0 aliphatic carbocycles. The van der Waals surface area contributed by atoms with E-state index in [2.05, 4.69) is 15.9 Å². The SMILES string of the molecule is Fc1ccc(C2CCC3(CCOCC3)CO2)c(Br)c1. The summed E-state index contributed by atoms with van der Waals surface area (Å²) in [7, 11) is 0. The van der Waals surface area contributed by atoms with Crippen LogP contribution in [0.15, 0.2) is 22.7 Å². The molecule has 2 aliphatic rings. The Kier molecular flexibility index (Phi) is 3.92. The lowest BCUT2D eigenvalue weighted by Crippen LogP contribution is -2.38. The average Bonchev–Trinajstić information content (AvgIpc) is 2.41. The highest BCUT2D eigenvalue weighted by Gasteiger charge is 2.38. The molecule has 104 valence electrons. The lowest BCUT2D eigenvalue weighted by Gasteiger charge is -2.42. The number of ether oxygens (including phenoxy) is 2. The van der Waals surface area contributed by atoms with Gasteiger partial charge in [0.15, 0.2) is 0 Å². The van der Waals surface area contributed by atoms with Crippen molar-refractivity contribution in [3.63, 3.8) is 0 Å². The maximum Gasteiger partial charge on any atom is 0.124 e. The summed E-state index contributed by atoms with van der Waals surface area (Å²) in [6, 6.07) is 4.84. The Morgan fingerprint density at radius 3 is 2.63 bits per heavy atom. The van der Waals surface area contributed by atoms with Crippen molar-refractivity contribution in [1.82, 2.24) is 0 Å². The zero-order valence-electron chi connectivity index (χ0n) is 10.8. The molecule has 4 heteroatoms. The van der Waals surface area contributed by atoms with E-state index < -0.39 is 0 Å². The highest BCUT2D eigenvalue weighted by atomic mass is 79.9. The second-order valence-corrected chi connectivity index (χ2v) is 6.47. The summed E-state index contributed by atoms with van der Waals surface area (Å²) >= 11 is 3.43. The maximum absolute atomic E-state index is 13.1. The molecule has 19 heavy (non-hydrogen) atoms. The highest BCUT2D eigenvalue weighted by Crippen LogP contribution is 2.44. The van der Waals surface area contributed by atoms with Crippen LogP contribution in [0.25, 0.3) is 0 Å². The summed E-state index contributed by atoms with van der Waals surface area (Å²) in [6.07, 6.45) is 4.47. The van der Waals surface area contributed by atoms with E-state index in [1.807, 2.05) is 6.07 Å². The van der Waals surface area contributed by atoms with E-state index in [0.29, 0.717) is 5.41 Å². The smallest absolute Gasteiger partial charge is 0.124 e. The number of hydrogen-bond donors (Lipinski definition) is 0. The third-order valence-corrected chi connectivity index (χ3v) is 5.08. The number of benzene rings is 1. The third kappa shape index (κ3) is 2.86. The van der Waals surface area contributed by atoms with E-state index in [1.165, 1.54) is 18.6 Å². The van der Waals surface area contributed by atoms with Crippen LogP contribution >= 0.6 is 15.9 Å². The summed E-state index contributed by atoms with van der Waals surface area (Å²) in [5, 5.41) is 0. The van der Waals surface area contributed by atoms with Crippen molar-refractivity contribution >= 4 is 15.9 Å². The molecule has 2 saturated heterocycles. The van der Waals surface area contributed by atoms with Crippen LogP contribution in [0, 0.1) is 11.2 Å². The van der Waals surface area contributed by atoms with Crippen LogP contribution in [0.4, 0.5) is 4.39 Å². The van der Waals surface area contributed by atoms with Crippen molar-refractivity contribution < 1.29 is 13.9 Å². The molecule has 0 saturated carbocycles. The first-order valence-electron chi connectivity index (χ1n) is 6.83. The van der Waals surface area contributed by atoms with Gasteiger partial charge in [-0.2, -0.15) is 0 Å². The monoisotopic (exact) mass is 328 g/mol. The molecule has 3 rings (SSSR count). The number of hydrogen-bond acceptors (Lipinski definition) is 2. The van der Waals surface area contributed by atoms with Crippen LogP contribution in [0.5, 0.6) is 0 Å². The molecule has 2 heterocycles. The van der Waals surface area contributed by atoms with Crippen LogP contribution in [0.2, 0.25) is 0 Å². The summed E-state index contributed by atoms with van der Waals surface area (Å²) in [4.78, 5) is 0. The molecule has 2 aliphatic heterocycles. The zero-order chi connectivity index (χ0) is 13.3. The van der Waals surface area contributed by atoms with E-state index >= 15 is 0 Å². The molecule has 1 unspecified atom stereocenters. The first-order chi connectivity index (χ1) is 9.19. The Morgan fingerprint density at radius 1 is 1.21 bits per heavy atom. The van der Waals surface area contributed by atoms with Crippen molar-refractivity contribution in [3.8, 4) is 0 Å². The van der Waals surface area contributed by atoms with Crippen molar-refractivity contribution in [2.45, 2.75) is 31.8 Å². The van der Waals surface area contributed by atoms with Crippen LogP contribution in [0.1, 0.15) is 37.4 Å². The van der Waals surface area contributed by atoms with Gasteiger partial charge in [0.2, 0.25) is 0 Å². The summed E-state index contributed by atoms with van der Waals surface area (Å²) in [5.41, 5.74) is 1.38. The van der Waals surface area contributed by atoms with E-state index in [9.17, 15) is 4.39 Å². The molecule has 2 fully saturated rings. The zero-order valence-corrected chi connectivity index (χ0v) is 12.4. The minimum absolute atomic E-state index is 0.0865. The maximum atomic E-state index is 13.1. The highest BCUT2D eigenvalue weighted by molar-refractivity contribution is 9.10. The summed E-state index contributed by atoms with van der Waals surface area (Å²) in [5.74, 6) is -0.215. The lowest BCUT2D eigenvalue weighted by atomic mass is 9.74. The fraction of sp³-hybridized carbons (Fsp3) is 0.600. The fourth-order valence-electron chi connectivity index (χ4n) is 3.08. The Labute approximate surface area is 121 Å². The molecule has 0 N–H and O–H groups in total. The van der Waals surface area contributed by atoms with Gasteiger partial charge in [0.1, 0.15) is 5.82 Å². The summed E-state index contributed by atoms with van der Waals surface area (Å²) in [6.45, 7) is 2.51. The van der Waals surface area contributed by atoms with Gasteiger partial charge in [-0.15, -0.1) is 0 Å². The third-order valence-electron chi connectivity index (χ3n) is 4.39. The molecule has 0 amide bonds. The Morgan fingerprint density at radius 2 is 2.00 bits per heavy atom. The Hall–Kier alpha value is -0.450. The second-order valence-electron chi connectivity index (χ2n) is 5.62. The molecule has 2 nitrogen and oxygen atoms in total. The van der Waals surface area contributed by atoms with Crippen molar-refractivity contribution in [3.05, 3.63) is 34.1 Å². The molecule has 0 bridgehead atoms. The van der Waals surface area contributed by atoms with Gasteiger partial charge in [0.05, 0.1) is 12.7 Å². The quantitative estimate of drug-likeness (QED) is 0.767. The molecule has 0 radical (unpaired) electrons. The van der Waals surface area contributed by atoms with E-state index in [-0.39, 0.29) is 11.9 Å². The normalized spacial score (nSPS) is 26.5. The van der Waals surface area contributed by atoms with Crippen LogP contribution in [0.3, 0.4) is 0 Å². The lowest BCUT2D eigenvalue weighted by molar-refractivity contribution is -0.107. The Bertz CT molecular complexity index is 447. The van der Waals surface area contributed by atoms with E-state index in [4.69, 9.17) is 9.47 Å². The van der Waals surface area contributed by atoms with Crippen molar-refractivity contribution in [2.75, 3.05) is 19.8 Å². The van der Waals surface area contributed by atoms with Gasteiger partial charge in [-0.3, -0.25) is 0 Å². The van der Waals surface area contributed by atoms with Crippen LogP contribution in [-0.4, -0.2) is 19.8 Å². The second kappa shape index (κ2) is 5.51. The molecule has 1 spiro atoms. The predicted octanol–water partition coefficient (Wildman–Crippen LogP) is 4.24. The van der Waals surface area contributed by atoms with E-state index in [0.717, 1.165) is 49.1 Å². The minimum Gasteiger partial charge on any atom is -0.381 e. The van der Waals surface area contributed by atoms with Gasteiger partial charge in [-0.25, -0.2) is 4.39 Å². The first kappa shape index (κ1) is 13.5. The standard InChI is InChI=1S/C15H18BrFO2/c16-13-9-11(17)1-2-12(13)14-3-4-15(10-19-14)5-7-18-8-6-15/h1-2,9,14H,3-8,10H2. The van der Waals surface area contributed by atoms with E-state index in [1.54, 1.807) is 0 Å². The minimum atomic E-state index is -0.215. The van der Waals surface area contributed by atoms with Gasteiger partial charge < -0.3 is 9.47 Å². The molecule has 0 aromatic heterocycles. The van der Waals surface area contributed by atoms with Crippen molar-refractivity contribution in [1.29, 1.82) is 0 Å². The molecule has 1 aromatic carbocycles.